The van der Waals surface area contributed by atoms with Crippen LogP contribution in [0, 0.1) is 5.92 Å². The Morgan fingerprint density at radius 2 is 1.82 bits per heavy atom. The van der Waals surface area contributed by atoms with Crippen molar-refractivity contribution in [3.05, 3.63) is 36.4 Å². The lowest BCUT2D eigenvalue weighted by atomic mass is 10.1. The van der Waals surface area contributed by atoms with Gasteiger partial charge >= 0.3 is 6.09 Å². The van der Waals surface area contributed by atoms with Gasteiger partial charge in [0.15, 0.2) is 0 Å². The van der Waals surface area contributed by atoms with Crippen LogP contribution in [0.3, 0.4) is 0 Å². The summed E-state index contributed by atoms with van der Waals surface area (Å²) < 4.78 is 56.9. The highest BCUT2D eigenvalue weighted by Crippen LogP contribution is 2.46. The SMILES string of the molecule is COc1ccc2c(OC3C[C@H]4C(=O)N[C@]5(C(=O)NS(=O)(=O)C6CC6)C[C@H]5/C=C\COCCC[C@H](NC(=O)OC(C)(C)C)C(=O)N4C3)nc(N3CCOCC3)cc2c1. The van der Waals surface area contributed by atoms with Gasteiger partial charge in [0.05, 0.1) is 38.7 Å². The molecule has 2 saturated heterocycles. The number of rotatable bonds is 8. The number of hydrogen-bond acceptors (Lipinski definition) is 13. The standard InChI is InChI=1S/C39H52N6O11S/c1-38(2,3)56-37(49)40-30-8-6-16-53-15-5-7-25-22-39(25,36(48)43-57(50,51)28-10-11-28)42-33(46)31-21-27(23-45(31)35(30)47)55-34-29-12-9-26(52-4)19-24(29)20-32(41-34)44-13-17-54-18-14-44/h5,7,9,12,19-20,25,27-28,30-31H,6,8,10-11,13-18,21-23H2,1-4H3,(H,40,49)(H,42,46)(H,43,48)/b7-5-/t25-,27?,30+,31+,39-/m1/s1. The van der Waals surface area contributed by atoms with Crippen LogP contribution in [0.4, 0.5) is 10.6 Å². The summed E-state index contributed by atoms with van der Waals surface area (Å²) in [6.45, 7) is 7.86. The lowest BCUT2D eigenvalue weighted by molar-refractivity contribution is -0.141. The summed E-state index contributed by atoms with van der Waals surface area (Å²) in [7, 11) is -2.34. The van der Waals surface area contributed by atoms with Crippen LogP contribution in [0.2, 0.25) is 0 Å². The van der Waals surface area contributed by atoms with Crippen molar-refractivity contribution in [3.8, 4) is 11.6 Å². The zero-order valence-corrected chi connectivity index (χ0v) is 33.6. The Kier molecular flexibility index (Phi) is 11.6. The van der Waals surface area contributed by atoms with Crippen LogP contribution in [0.15, 0.2) is 36.4 Å². The van der Waals surface area contributed by atoms with Crippen LogP contribution < -0.4 is 29.7 Å². The summed E-state index contributed by atoms with van der Waals surface area (Å²) in [6, 6.07) is 5.23. The van der Waals surface area contributed by atoms with Crippen LogP contribution in [0.1, 0.15) is 59.3 Å². The predicted molar refractivity (Wildman–Crippen MR) is 207 cm³/mol. The van der Waals surface area contributed by atoms with E-state index in [1.807, 2.05) is 18.2 Å². The molecule has 7 rings (SSSR count). The molecule has 0 bridgehead atoms. The summed E-state index contributed by atoms with van der Waals surface area (Å²) in [5.74, 6) is -0.941. The van der Waals surface area contributed by atoms with Gasteiger partial charge in [-0.05, 0) is 82.5 Å². The fourth-order valence-corrected chi connectivity index (χ4v) is 8.89. The number of nitrogens with one attached hydrogen (secondary N) is 3. The molecule has 1 unspecified atom stereocenters. The monoisotopic (exact) mass is 812 g/mol. The smallest absolute Gasteiger partial charge is 0.408 e. The second kappa shape index (κ2) is 16.3. The van der Waals surface area contributed by atoms with Crippen LogP contribution in [-0.2, 0) is 38.6 Å². The van der Waals surface area contributed by atoms with Gasteiger partial charge in [0.2, 0.25) is 27.7 Å². The number of sulfonamides is 1. The number of methoxy groups -OCH3 is 1. The molecule has 310 valence electrons. The molecule has 0 radical (unpaired) electrons. The lowest BCUT2D eigenvalue weighted by Gasteiger charge is -2.30. The first-order chi connectivity index (χ1) is 27.2. The number of fused-ring (bicyclic) bond motifs is 3. The molecular weight excluding hydrogens is 761 g/mol. The molecule has 5 aliphatic rings. The molecule has 17 nitrogen and oxygen atoms in total. The average molecular weight is 813 g/mol. The predicted octanol–water partition coefficient (Wildman–Crippen LogP) is 2.17. The van der Waals surface area contributed by atoms with Gasteiger partial charge in [-0.2, -0.15) is 4.98 Å². The number of carbonyl (C=O) groups is 4. The first-order valence-electron chi connectivity index (χ1n) is 19.6. The minimum Gasteiger partial charge on any atom is -0.497 e. The van der Waals surface area contributed by atoms with Crippen molar-refractivity contribution in [3.63, 3.8) is 0 Å². The minimum absolute atomic E-state index is 0.0134. The van der Waals surface area contributed by atoms with Gasteiger partial charge in [-0.3, -0.25) is 19.1 Å². The number of morpholine rings is 1. The molecule has 1 aromatic heterocycles. The van der Waals surface area contributed by atoms with Crippen molar-refractivity contribution in [1.29, 1.82) is 0 Å². The topological polar surface area (TPSA) is 204 Å². The number of carbonyl (C=O) groups excluding carboxylic acids is 4. The van der Waals surface area contributed by atoms with E-state index in [4.69, 9.17) is 28.7 Å². The van der Waals surface area contributed by atoms with E-state index in [0.29, 0.717) is 68.4 Å². The summed E-state index contributed by atoms with van der Waals surface area (Å²) in [4.78, 5) is 64.3. The van der Waals surface area contributed by atoms with Crippen molar-refractivity contribution < 1.29 is 51.3 Å². The highest BCUT2D eigenvalue weighted by Gasteiger charge is 2.62. The van der Waals surface area contributed by atoms with Crippen molar-refractivity contribution in [2.45, 2.75) is 93.9 Å². The molecule has 5 atom stereocenters. The van der Waals surface area contributed by atoms with Crippen molar-refractivity contribution >= 4 is 50.4 Å². The van der Waals surface area contributed by atoms with Gasteiger partial charge in [-0.25, -0.2) is 13.2 Å². The Hall–Kier alpha value is -4.68. The van der Waals surface area contributed by atoms with E-state index in [0.717, 1.165) is 5.39 Å². The van der Waals surface area contributed by atoms with E-state index in [-0.39, 0.29) is 39.0 Å². The van der Waals surface area contributed by atoms with E-state index in [1.165, 1.54) is 4.90 Å². The first kappa shape index (κ1) is 40.5. The number of pyridine rings is 1. The summed E-state index contributed by atoms with van der Waals surface area (Å²) in [6.07, 6.45) is 3.58. The number of aromatic nitrogens is 1. The van der Waals surface area contributed by atoms with Crippen LogP contribution in [0.25, 0.3) is 10.8 Å². The van der Waals surface area contributed by atoms with Crippen molar-refractivity contribution in [2.75, 3.05) is 58.1 Å². The van der Waals surface area contributed by atoms with Gasteiger partial charge in [-0.1, -0.05) is 12.2 Å². The fraction of sp³-hybridized carbons (Fsp3) is 0.615. The molecule has 57 heavy (non-hydrogen) atoms. The molecule has 4 heterocycles. The quantitative estimate of drug-likeness (QED) is 0.328. The number of alkyl carbamates (subject to hydrolysis) is 1. The normalized spacial score (nSPS) is 27.9. The minimum atomic E-state index is -3.93. The third kappa shape index (κ3) is 9.39. The van der Waals surface area contributed by atoms with Crippen molar-refractivity contribution in [2.24, 2.45) is 5.92 Å². The Morgan fingerprint density at radius 3 is 2.54 bits per heavy atom. The maximum Gasteiger partial charge on any atom is 0.408 e. The molecule has 4 amide bonds. The number of anilines is 1. The van der Waals surface area contributed by atoms with E-state index in [9.17, 15) is 27.6 Å². The highest BCUT2D eigenvalue weighted by molar-refractivity contribution is 7.91. The zero-order chi connectivity index (χ0) is 40.5. The molecule has 2 aliphatic carbocycles. The molecule has 3 aliphatic heterocycles. The number of amides is 4. The maximum atomic E-state index is 14.6. The van der Waals surface area contributed by atoms with Crippen LogP contribution >= 0.6 is 0 Å². The Labute approximate surface area is 332 Å². The molecular formula is C39H52N6O11S. The molecule has 3 N–H and O–H groups in total. The second-order valence-corrected chi connectivity index (χ2v) is 18.2. The molecule has 2 aromatic rings. The number of nitrogens with zero attached hydrogens (tertiary/aromatic N) is 3. The third-order valence-corrected chi connectivity index (χ3v) is 12.6. The van der Waals surface area contributed by atoms with Crippen LogP contribution in [0.5, 0.6) is 11.6 Å². The van der Waals surface area contributed by atoms with E-state index < -0.39 is 74.3 Å². The maximum absolute atomic E-state index is 14.6. The summed E-state index contributed by atoms with van der Waals surface area (Å²) in [5.41, 5.74) is -2.41. The fourth-order valence-electron chi connectivity index (χ4n) is 7.53. The van der Waals surface area contributed by atoms with Gasteiger partial charge in [0.25, 0.3) is 5.91 Å². The Bertz CT molecular complexity index is 2010. The van der Waals surface area contributed by atoms with Crippen LogP contribution in [-0.4, -0.2) is 130 Å². The third-order valence-electron chi connectivity index (χ3n) is 10.8. The van der Waals surface area contributed by atoms with Gasteiger partial charge in [-0.15, -0.1) is 0 Å². The second-order valence-electron chi connectivity index (χ2n) is 16.2. The van der Waals surface area contributed by atoms with E-state index >= 15 is 0 Å². The summed E-state index contributed by atoms with van der Waals surface area (Å²) in [5, 5.41) is 6.42. The number of benzene rings is 1. The van der Waals surface area contributed by atoms with Gasteiger partial charge in [0.1, 0.15) is 40.9 Å². The largest absolute Gasteiger partial charge is 0.497 e. The Balaban J connectivity index is 1.21. The van der Waals surface area contributed by atoms with E-state index in [2.05, 4.69) is 20.3 Å². The molecule has 18 heteroatoms. The number of ether oxygens (including phenoxy) is 5. The van der Waals surface area contributed by atoms with Crippen molar-refractivity contribution in [1.82, 2.24) is 25.2 Å². The zero-order valence-electron chi connectivity index (χ0n) is 32.8. The molecule has 0 spiro atoms. The molecule has 1 aromatic carbocycles. The molecule has 4 fully saturated rings. The van der Waals surface area contributed by atoms with Gasteiger partial charge in [0, 0.05) is 37.4 Å². The number of hydrogen-bond donors (Lipinski definition) is 3. The Morgan fingerprint density at radius 1 is 1.05 bits per heavy atom. The lowest BCUT2D eigenvalue weighted by Crippen LogP contribution is -2.58. The molecule has 2 saturated carbocycles. The van der Waals surface area contributed by atoms with Gasteiger partial charge < -0.3 is 44.1 Å². The average Bonchev–Trinajstić information content (AvgIpc) is 4.09. The van der Waals surface area contributed by atoms with E-state index in [1.54, 1.807) is 46.1 Å². The highest BCUT2D eigenvalue weighted by atomic mass is 32.2. The first-order valence-corrected chi connectivity index (χ1v) is 21.1. The summed E-state index contributed by atoms with van der Waals surface area (Å²) >= 11 is 0.